The molecule has 3 rings (SSSR count). The molecule has 0 bridgehead atoms. The fourth-order valence-electron chi connectivity index (χ4n) is 3.01. The smallest absolute Gasteiger partial charge is 0.0601 e. The minimum atomic E-state index is 0.474. The van der Waals surface area contributed by atoms with Crippen LogP contribution in [-0.4, -0.2) is 25.8 Å². The fraction of sp³-hybridized carbons (Fsp3) is 0.600. The monoisotopic (exact) mass is 246 g/mol. The third-order valence-corrected chi connectivity index (χ3v) is 4.22. The highest BCUT2D eigenvalue weighted by molar-refractivity contribution is 5.31. The second-order valence-corrected chi connectivity index (χ2v) is 5.41. The highest BCUT2D eigenvalue weighted by Crippen LogP contribution is 2.29. The average molecular weight is 246 g/mol. The van der Waals surface area contributed by atoms with Crippen LogP contribution < -0.4 is 10.6 Å². The molecule has 3 nitrogen and oxygen atoms in total. The van der Waals surface area contributed by atoms with Gasteiger partial charge in [-0.1, -0.05) is 24.3 Å². The largest absolute Gasteiger partial charge is 0.381 e. The van der Waals surface area contributed by atoms with Gasteiger partial charge in [0, 0.05) is 25.7 Å². The summed E-state index contributed by atoms with van der Waals surface area (Å²) in [6, 6.07) is 9.92. The third-order valence-electron chi connectivity index (χ3n) is 4.22. The SMILES string of the molecule is COC1CC(NC2CCNCc3ccccc32)C1. The van der Waals surface area contributed by atoms with Crippen LogP contribution in [0.2, 0.25) is 0 Å². The maximum Gasteiger partial charge on any atom is 0.0601 e. The quantitative estimate of drug-likeness (QED) is 0.855. The molecule has 2 N–H and O–H groups in total. The summed E-state index contributed by atoms with van der Waals surface area (Å²) < 4.78 is 5.35. The van der Waals surface area contributed by atoms with E-state index in [0.29, 0.717) is 18.2 Å². The van der Waals surface area contributed by atoms with Gasteiger partial charge in [-0.05, 0) is 36.9 Å². The zero-order valence-electron chi connectivity index (χ0n) is 11.0. The first-order valence-corrected chi connectivity index (χ1v) is 6.94. The van der Waals surface area contributed by atoms with Gasteiger partial charge in [0.15, 0.2) is 0 Å². The molecule has 1 unspecified atom stereocenters. The molecule has 0 saturated heterocycles. The number of ether oxygens (including phenoxy) is 1. The molecule has 98 valence electrons. The first kappa shape index (κ1) is 12.2. The van der Waals surface area contributed by atoms with Crippen LogP contribution in [0, 0.1) is 0 Å². The highest BCUT2D eigenvalue weighted by Gasteiger charge is 2.31. The Kier molecular flexibility index (Phi) is 3.64. The van der Waals surface area contributed by atoms with Crippen LogP contribution in [0.4, 0.5) is 0 Å². The van der Waals surface area contributed by atoms with E-state index in [-0.39, 0.29) is 0 Å². The molecule has 1 saturated carbocycles. The van der Waals surface area contributed by atoms with Gasteiger partial charge in [0.25, 0.3) is 0 Å². The van der Waals surface area contributed by atoms with E-state index in [1.54, 1.807) is 0 Å². The Balaban J connectivity index is 1.68. The second kappa shape index (κ2) is 5.39. The summed E-state index contributed by atoms with van der Waals surface area (Å²) in [4.78, 5) is 0. The Bertz CT molecular complexity index is 401. The van der Waals surface area contributed by atoms with Gasteiger partial charge in [0.2, 0.25) is 0 Å². The van der Waals surface area contributed by atoms with Gasteiger partial charge in [-0.3, -0.25) is 0 Å². The Morgan fingerprint density at radius 3 is 2.94 bits per heavy atom. The normalized spacial score (nSPS) is 31.3. The Labute approximate surface area is 109 Å². The molecule has 1 aliphatic heterocycles. The van der Waals surface area contributed by atoms with Gasteiger partial charge in [0.05, 0.1) is 6.10 Å². The zero-order valence-corrected chi connectivity index (χ0v) is 11.0. The molecule has 2 aliphatic rings. The van der Waals surface area contributed by atoms with Crippen LogP contribution >= 0.6 is 0 Å². The number of fused-ring (bicyclic) bond motifs is 1. The van der Waals surface area contributed by atoms with Crippen molar-refractivity contribution in [1.82, 2.24) is 10.6 Å². The van der Waals surface area contributed by atoms with Crippen molar-refractivity contribution in [3.63, 3.8) is 0 Å². The predicted octanol–water partition coefficient (Wildman–Crippen LogP) is 1.99. The van der Waals surface area contributed by atoms with Gasteiger partial charge < -0.3 is 15.4 Å². The molecule has 1 fully saturated rings. The lowest BCUT2D eigenvalue weighted by Crippen LogP contribution is -2.46. The molecule has 1 atom stereocenters. The molecular weight excluding hydrogens is 224 g/mol. The average Bonchev–Trinajstić information content (AvgIpc) is 2.56. The minimum absolute atomic E-state index is 0.474. The summed E-state index contributed by atoms with van der Waals surface area (Å²) in [7, 11) is 1.81. The number of benzene rings is 1. The molecule has 0 radical (unpaired) electrons. The predicted molar refractivity (Wildman–Crippen MR) is 72.5 cm³/mol. The van der Waals surface area contributed by atoms with Crippen molar-refractivity contribution in [2.75, 3.05) is 13.7 Å². The Morgan fingerprint density at radius 1 is 1.28 bits per heavy atom. The number of methoxy groups -OCH3 is 1. The van der Waals surface area contributed by atoms with E-state index < -0.39 is 0 Å². The van der Waals surface area contributed by atoms with Crippen molar-refractivity contribution in [3.05, 3.63) is 35.4 Å². The van der Waals surface area contributed by atoms with Crippen molar-refractivity contribution >= 4 is 0 Å². The van der Waals surface area contributed by atoms with Crippen molar-refractivity contribution < 1.29 is 4.74 Å². The van der Waals surface area contributed by atoms with E-state index in [4.69, 9.17) is 4.74 Å². The molecule has 1 heterocycles. The lowest BCUT2D eigenvalue weighted by molar-refractivity contribution is 0.0139. The third kappa shape index (κ3) is 2.44. The van der Waals surface area contributed by atoms with Gasteiger partial charge in [0.1, 0.15) is 0 Å². The van der Waals surface area contributed by atoms with E-state index in [1.165, 1.54) is 17.5 Å². The summed E-state index contributed by atoms with van der Waals surface area (Å²) in [6.45, 7) is 2.09. The number of nitrogens with one attached hydrogen (secondary N) is 2. The summed E-state index contributed by atoms with van der Waals surface area (Å²) in [5.41, 5.74) is 2.92. The molecule has 0 spiro atoms. The Hall–Kier alpha value is -0.900. The molecule has 3 heteroatoms. The molecule has 0 aromatic heterocycles. The molecule has 18 heavy (non-hydrogen) atoms. The van der Waals surface area contributed by atoms with Gasteiger partial charge in [-0.2, -0.15) is 0 Å². The van der Waals surface area contributed by atoms with E-state index in [9.17, 15) is 0 Å². The standard InChI is InChI=1S/C15H22N2O/c1-18-13-8-12(9-13)17-15-6-7-16-10-11-4-2-3-5-14(11)15/h2-5,12-13,15-17H,6-10H2,1H3. The van der Waals surface area contributed by atoms with Crippen LogP contribution in [0.25, 0.3) is 0 Å². The molecule has 1 aromatic rings. The van der Waals surface area contributed by atoms with Crippen LogP contribution in [0.1, 0.15) is 36.4 Å². The highest BCUT2D eigenvalue weighted by atomic mass is 16.5. The van der Waals surface area contributed by atoms with Gasteiger partial charge in [-0.15, -0.1) is 0 Å². The Morgan fingerprint density at radius 2 is 2.11 bits per heavy atom. The van der Waals surface area contributed by atoms with Crippen LogP contribution in [0.15, 0.2) is 24.3 Å². The lowest BCUT2D eigenvalue weighted by Gasteiger charge is -2.37. The van der Waals surface area contributed by atoms with Gasteiger partial charge >= 0.3 is 0 Å². The summed E-state index contributed by atoms with van der Waals surface area (Å²) in [5.74, 6) is 0. The van der Waals surface area contributed by atoms with E-state index in [1.807, 2.05) is 7.11 Å². The number of hydrogen-bond acceptors (Lipinski definition) is 3. The first-order valence-electron chi connectivity index (χ1n) is 6.94. The van der Waals surface area contributed by atoms with Crippen molar-refractivity contribution in [1.29, 1.82) is 0 Å². The molecule has 1 aromatic carbocycles. The van der Waals surface area contributed by atoms with Crippen molar-refractivity contribution in [2.45, 2.75) is 44.0 Å². The first-order chi connectivity index (χ1) is 8.86. The summed E-state index contributed by atoms with van der Waals surface area (Å²) in [5, 5.41) is 7.29. The molecule has 1 aliphatic carbocycles. The van der Waals surface area contributed by atoms with E-state index in [0.717, 1.165) is 25.9 Å². The van der Waals surface area contributed by atoms with Crippen LogP contribution in [0.3, 0.4) is 0 Å². The summed E-state index contributed by atoms with van der Waals surface area (Å²) in [6.07, 6.45) is 3.96. The second-order valence-electron chi connectivity index (χ2n) is 5.41. The van der Waals surface area contributed by atoms with Crippen molar-refractivity contribution in [2.24, 2.45) is 0 Å². The van der Waals surface area contributed by atoms with Crippen molar-refractivity contribution in [3.8, 4) is 0 Å². The molecule has 0 amide bonds. The maximum absolute atomic E-state index is 5.35. The topological polar surface area (TPSA) is 33.3 Å². The number of hydrogen-bond donors (Lipinski definition) is 2. The zero-order chi connectivity index (χ0) is 12.4. The fourth-order valence-corrected chi connectivity index (χ4v) is 3.01. The minimum Gasteiger partial charge on any atom is -0.381 e. The van der Waals surface area contributed by atoms with E-state index in [2.05, 4.69) is 34.9 Å². The van der Waals surface area contributed by atoms with Gasteiger partial charge in [-0.25, -0.2) is 0 Å². The van der Waals surface area contributed by atoms with Crippen LogP contribution in [0.5, 0.6) is 0 Å². The number of rotatable bonds is 3. The maximum atomic E-state index is 5.35. The molecular formula is C15H22N2O. The lowest BCUT2D eigenvalue weighted by atomic mass is 9.87. The van der Waals surface area contributed by atoms with E-state index >= 15 is 0 Å². The van der Waals surface area contributed by atoms with Crippen LogP contribution in [-0.2, 0) is 11.3 Å². The summed E-state index contributed by atoms with van der Waals surface area (Å²) >= 11 is 0.